The van der Waals surface area contributed by atoms with Gasteiger partial charge in [-0.1, -0.05) is 39.0 Å². The van der Waals surface area contributed by atoms with Crippen LogP contribution < -0.4 is 5.32 Å². The number of pyridine rings is 1. The monoisotopic (exact) mass is 286 g/mol. The normalized spacial score (nSPS) is 11.1. The molecule has 0 spiro atoms. The van der Waals surface area contributed by atoms with E-state index in [1.165, 1.54) is 5.56 Å². The topological polar surface area (TPSA) is 24.9 Å². The average molecular weight is 286 g/mol. The second-order valence-corrected chi connectivity index (χ2v) is 5.65. The molecule has 2 aromatic rings. The summed E-state index contributed by atoms with van der Waals surface area (Å²) in [6.07, 6.45) is 3.55. The van der Waals surface area contributed by atoms with Crippen molar-refractivity contribution in [3.8, 4) is 0 Å². The van der Waals surface area contributed by atoms with Gasteiger partial charge in [-0.2, -0.15) is 0 Å². The molecule has 112 valence electrons. The van der Waals surface area contributed by atoms with Crippen LogP contribution in [0, 0.1) is 5.82 Å². The highest BCUT2D eigenvalue weighted by atomic mass is 19.1. The minimum Gasteiger partial charge on any atom is -0.310 e. The van der Waals surface area contributed by atoms with Gasteiger partial charge in [-0.3, -0.25) is 4.98 Å². The molecular weight excluding hydrogens is 263 g/mol. The van der Waals surface area contributed by atoms with Crippen LogP contribution in [0.3, 0.4) is 0 Å². The van der Waals surface area contributed by atoms with E-state index in [2.05, 4.69) is 37.1 Å². The van der Waals surface area contributed by atoms with Gasteiger partial charge in [0.05, 0.1) is 0 Å². The predicted octanol–water partition coefficient (Wildman–Crippen LogP) is 3.87. The first-order valence-corrected chi connectivity index (χ1v) is 7.53. The van der Waals surface area contributed by atoms with Gasteiger partial charge in [0.25, 0.3) is 0 Å². The zero-order chi connectivity index (χ0) is 15.2. The van der Waals surface area contributed by atoms with E-state index in [1.54, 1.807) is 6.07 Å². The molecule has 0 bridgehead atoms. The maximum absolute atomic E-state index is 14.1. The Morgan fingerprint density at radius 2 is 1.90 bits per heavy atom. The molecule has 0 amide bonds. The minimum atomic E-state index is -0.147. The van der Waals surface area contributed by atoms with Crippen molar-refractivity contribution in [1.82, 2.24) is 10.3 Å². The summed E-state index contributed by atoms with van der Waals surface area (Å²) in [4.78, 5) is 4.42. The summed E-state index contributed by atoms with van der Waals surface area (Å²) in [5.74, 6) is -0.147. The van der Waals surface area contributed by atoms with Crippen LogP contribution in [0.15, 0.2) is 36.5 Å². The number of rotatable bonds is 6. The number of nitrogens with one attached hydrogen (secondary N) is 1. The Balaban J connectivity index is 2.05. The Morgan fingerprint density at radius 1 is 1.14 bits per heavy atom. The summed E-state index contributed by atoms with van der Waals surface area (Å²) in [7, 11) is 0. The number of nitrogens with zero attached hydrogens (tertiary/aromatic N) is 1. The average Bonchev–Trinajstić information content (AvgIpc) is 2.47. The van der Waals surface area contributed by atoms with Crippen molar-refractivity contribution >= 4 is 0 Å². The van der Waals surface area contributed by atoms with E-state index >= 15 is 0 Å². The summed E-state index contributed by atoms with van der Waals surface area (Å²) in [6.45, 7) is 6.78. The van der Waals surface area contributed by atoms with E-state index < -0.39 is 0 Å². The van der Waals surface area contributed by atoms with Gasteiger partial charge in [-0.15, -0.1) is 0 Å². The highest BCUT2D eigenvalue weighted by Crippen LogP contribution is 2.14. The van der Waals surface area contributed by atoms with Crippen molar-refractivity contribution in [2.45, 2.75) is 46.2 Å². The molecule has 0 fully saturated rings. The molecule has 2 nitrogen and oxygen atoms in total. The summed E-state index contributed by atoms with van der Waals surface area (Å²) in [6, 6.07) is 9.92. The lowest BCUT2D eigenvalue weighted by Gasteiger charge is -2.10. The van der Waals surface area contributed by atoms with E-state index in [9.17, 15) is 4.39 Å². The van der Waals surface area contributed by atoms with Crippen LogP contribution in [0.25, 0.3) is 0 Å². The van der Waals surface area contributed by atoms with Crippen LogP contribution >= 0.6 is 0 Å². The second kappa shape index (κ2) is 7.32. The van der Waals surface area contributed by atoms with Gasteiger partial charge >= 0.3 is 0 Å². The van der Waals surface area contributed by atoms with E-state index in [-0.39, 0.29) is 5.82 Å². The third-order valence-corrected chi connectivity index (χ3v) is 3.50. The van der Waals surface area contributed by atoms with E-state index in [4.69, 9.17) is 0 Å². The fourth-order valence-electron chi connectivity index (χ4n) is 2.14. The first-order valence-electron chi connectivity index (χ1n) is 7.53. The Kier molecular flexibility index (Phi) is 5.45. The van der Waals surface area contributed by atoms with Crippen LogP contribution in [-0.2, 0) is 19.4 Å². The van der Waals surface area contributed by atoms with Crippen molar-refractivity contribution in [2.75, 3.05) is 0 Å². The van der Waals surface area contributed by atoms with Crippen LogP contribution in [-0.4, -0.2) is 11.0 Å². The Morgan fingerprint density at radius 3 is 2.48 bits per heavy atom. The summed E-state index contributed by atoms with van der Waals surface area (Å²) in [5, 5.41) is 3.23. The molecule has 1 aromatic heterocycles. The lowest BCUT2D eigenvalue weighted by atomic mass is 10.1. The van der Waals surface area contributed by atoms with Crippen molar-refractivity contribution in [3.63, 3.8) is 0 Å². The smallest absolute Gasteiger partial charge is 0.127 e. The zero-order valence-electron chi connectivity index (χ0n) is 13.0. The SMILES string of the molecule is CCc1ccc(Cc2ccc(CNC(C)C)c(F)c2)nc1. The second-order valence-electron chi connectivity index (χ2n) is 5.65. The highest BCUT2D eigenvalue weighted by molar-refractivity contribution is 5.28. The van der Waals surface area contributed by atoms with Crippen LogP contribution in [0.5, 0.6) is 0 Å². The fourth-order valence-corrected chi connectivity index (χ4v) is 2.14. The molecule has 0 unspecified atom stereocenters. The summed E-state index contributed by atoms with van der Waals surface area (Å²) >= 11 is 0. The number of benzene rings is 1. The van der Waals surface area contributed by atoms with E-state index in [0.29, 0.717) is 24.6 Å². The van der Waals surface area contributed by atoms with Crippen LogP contribution in [0.1, 0.15) is 43.2 Å². The molecule has 0 radical (unpaired) electrons. The van der Waals surface area contributed by atoms with E-state index in [0.717, 1.165) is 17.7 Å². The molecule has 0 atom stereocenters. The summed E-state index contributed by atoms with van der Waals surface area (Å²) in [5.41, 5.74) is 3.86. The molecule has 3 heteroatoms. The maximum atomic E-state index is 14.1. The standard InChI is InChI=1S/C18H23FN2/c1-4-14-6-8-17(21-11-14)9-15-5-7-16(18(19)10-15)12-20-13(2)3/h5-8,10-11,13,20H,4,9,12H2,1-3H3. The molecule has 1 heterocycles. The number of halogens is 1. The molecule has 0 aliphatic heterocycles. The Labute approximate surface area is 126 Å². The highest BCUT2D eigenvalue weighted by Gasteiger charge is 2.05. The van der Waals surface area contributed by atoms with Crippen molar-refractivity contribution in [2.24, 2.45) is 0 Å². The molecule has 1 aromatic carbocycles. The first kappa shape index (κ1) is 15.6. The summed E-state index contributed by atoms with van der Waals surface area (Å²) < 4.78 is 14.1. The number of aromatic nitrogens is 1. The minimum absolute atomic E-state index is 0.147. The van der Waals surface area contributed by atoms with Crippen LogP contribution in [0.2, 0.25) is 0 Å². The maximum Gasteiger partial charge on any atom is 0.127 e. The number of aryl methyl sites for hydroxylation is 1. The van der Waals surface area contributed by atoms with Crippen molar-refractivity contribution in [1.29, 1.82) is 0 Å². The first-order chi connectivity index (χ1) is 10.1. The van der Waals surface area contributed by atoms with Gasteiger partial charge in [0.15, 0.2) is 0 Å². The Hall–Kier alpha value is -1.74. The molecular formula is C18H23FN2. The van der Waals surface area contributed by atoms with Gasteiger partial charge in [0, 0.05) is 36.5 Å². The third-order valence-electron chi connectivity index (χ3n) is 3.50. The van der Waals surface area contributed by atoms with Gasteiger partial charge in [0.1, 0.15) is 5.82 Å². The van der Waals surface area contributed by atoms with Gasteiger partial charge < -0.3 is 5.32 Å². The molecule has 1 N–H and O–H groups in total. The lowest BCUT2D eigenvalue weighted by molar-refractivity contribution is 0.552. The largest absolute Gasteiger partial charge is 0.310 e. The molecule has 0 aliphatic rings. The molecule has 0 saturated heterocycles. The fraction of sp³-hybridized carbons (Fsp3) is 0.389. The number of hydrogen-bond donors (Lipinski definition) is 1. The van der Waals surface area contributed by atoms with E-state index in [1.807, 2.05) is 24.4 Å². The van der Waals surface area contributed by atoms with Gasteiger partial charge in [0.2, 0.25) is 0 Å². The number of hydrogen-bond acceptors (Lipinski definition) is 2. The molecule has 0 saturated carbocycles. The molecule has 2 rings (SSSR count). The lowest BCUT2D eigenvalue weighted by Crippen LogP contribution is -2.22. The Bertz CT molecular complexity index is 576. The quantitative estimate of drug-likeness (QED) is 0.872. The van der Waals surface area contributed by atoms with Crippen molar-refractivity contribution in [3.05, 3.63) is 64.7 Å². The molecule has 0 aliphatic carbocycles. The predicted molar refractivity (Wildman–Crippen MR) is 84.8 cm³/mol. The molecule has 21 heavy (non-hydrogen) atoms. The van der Waals surface area contributed by atoms with Crippen molar-refractivity contribution < 1.29 is 4.39 Å². The zero-order valence-corrected chi connectivity index (χ0v) is 13.0. The third kappa shape index (κ3) is 4.64. The van der Waals surface area contributed by atoms with Gasteiger partial charge in [-0.25, -0.2) is 4.39 Å². The van der Waals surface area contributed by atoms with Crippen LogP contribution in [0.4, 0.5) is 4.39 Å². The van der Waals surface area contributed by atoms with Gasteiger partial charge in [-0.05, 0) is 29.7 Å².